The predicted molar refractivity (Wildman–Crippen MR) is 179 cm³/mol. The highest BCUT2D eigenvalue weighted by Gasteiger charge is 2.37. The van der Waals surface area contributed by atoms with Gasteiger partial charge in [-0.15, -0.1) is 0 Å². The van der Waals surface area contributed by atoms with E-state index in [2.05, 4.69) is 123 Å². The summed E-state index contributed by atoms with van der Waals surface area (Å²) >= 11 is 0. The number of rotatable bonds is 12. The average Bonchev–Trinajstić information content (AvgIpc) is 2.92. The molecule has 0 fully saturated rings. The largest absolute Gasteiger partial charge is 0.435 e. The van der Waals surface area contributed by atoms with E-state index in [0.29, 0.717) is 0 Å². The summed E-state index contributed by atoms with van der Waals surface area (Å²) in [5, 5.41) is 1.15. The van der Waals surface area contributed by atoms with Gasteiger partial charge in [0.1, 0.15) is 11.5 Å². The first kappa shape index (κ1) is 31.6. The molecule has 0 amide bonds. The minimum Gasteiger partial charge on any atom is -0.435 e. The van der Waals surface area contributed by atoms with Crippen LogP contribution in [-0.4, -0.2) is 0 Å². The molecule has 3 aromatic rings. The molecule has 0 bridgehead atoms. The summed E-state index contributed by atoms with van der Waals surface area (Å²) in [5.41, 5.74) is 6.42. The first-order valence-electron chi connectivity index (χ1n) is 15.9. The third-order valence-corrected chi connectivity index (χ3v) is 10.3. The van der Waals surface area contributed by atoms with Gasteiger partial charge in [0.25, 0.3) is 0 Å². The van der Waals surface area contributed by atoms with Crippen molar-refractivity contribution in [1.29, 1.82) is 0 Å². The molecule has 222 valence electrons. The van der Waals surface area contributed by atoms with Gasteiger partial charge in [0, 0.05) is 16.7 Å². The van der Waals surface area contributed by atoms with Crippen LogP contribution in [0.25, 0.3) is 11.1 Å². The van der Waals surface area contributed by atoms with Gasteiger partial charge >= 0.3 is 8.38 Å². The molecule has 0 saturated heterocycles. The van der Waals surface area contributed by atoms with E-state index in [9.17, 15) is 0 Å². The Morgan fingerprint density at radius 1 is 0.659 bits per heavy atom. The zero-order chi connectivity index (χ0) is 29.8. The van der Waals surface area contributed by atoms with Crippen molar-refractivity contribution in [3.63, 3.8) is 0 Å². The zero-order valence-electron chi connectivity index (χ0n) is 27.2. The number of para-hydroxylation sites is 1. The van der Waals surface area contributed by atoms with Gasteiger partial charge in [0.15, 0.2) is 0 Å². The third kappa shape index (κ3) is 7.19. The maximum absolute atomic E-state index is 7.23. The molecule has 1 aliphatic rings. The van der Waals surface area contributed by atoms with Gasteiger partial charge in [-0.2, -0.15) is 0 Å². The van der Waals surface area contributed by atoms with E-state index in [1.807, 2.05) is 0 Å². The van der Waals surface area contributed by atoms with Gasteiger partial charge < -0.3 is 9.05 Å². The molecule has 0 aromatic heterocycles. The Morgan fingerprint density at radius 3 is 1.85 bits per heavy atom. The second-order valence-electron chi connectivity index (χ2n) is 14.3. The van der Waals surface area contributed by atoms with E-state index in [1.165, 1.54) is 67.2 Å². The summed E-state index contributed by atoms with van der Waals surface area (Å²) in [6, 6.07) is 22.0. The number of fused-ring (bicyclic) bond motifs is 3. The van der Waals surface area contributed by atoms with E-state index in [1.54, 1.807) is 0 Å². The fraction of sp³-hybridized carbons (Fsp3) is 0.526. The van der Waals surface area contributed by atoms with Gasteiger partial charge in [-0.3, -0.25) is 0 Å². The van der Waals surface area contributed by atoms with Crippen molar-refractivity contribution in [2.24, 2.45) is 0 Å². The van der Waals surface area contributed by atoms with E-state index in [0.717, 1.165) is 28.8 Å². The summed E-state index contributed by atoms with van der Waals surface area (Å²) in [6.45, 7) is 21.3. The van der Waals surface area contributed by atoms with Gasteiger partial charge in [-0.25, -0.2) is 0 Å². The van der Waals surface area contributed by atoms with Crippen molar-refractivity contribution >= 4 is 13.7 Å². The molecule has 0 aliphatic carbocycles. The fourth-order valence-electron chi connectivity index (χ4n) is 6.01. The van der Waals surface area contributed by atoms with E-state index in [-0.39, 0.29) is 16.2 Å². The van der Waals surface area contributed by atoms with Crippen LogP contribution in [0.3, 0.4) is 0 Å². The van der Waals surface area contributed by atoms with E-state index < -0.39 is 8.38 Å². The highest BCUT2D eigenvalue weighted by Crippen LogP contribution is 2.54. The lowest BCUT2D eigenvalue weighted by atomic mass is 9.71. The molecule has 0 saturated carbocycles. The lowest BCUT2D eigenvalue weighted by Gasteiger charge is -2.37. The first-order chi connectivity index (χ1) is 19.4. The maximum Gasteiger partial charge on any atom is 0.326 e. The molecular formula is C38H53O2P. The molecule has 3 heteroatoms. The van der Waals surface area contributed by atoms with Crippen molar-refractivity contribution < 1.29 is 9.05 Å². The smallest absolute Gasteiger partial charge is 0.326 e. The zero-order valence-corrected chi connectivity index (χ0v) is 28.1. The molecule has 3 aromatic carbocycles. The molecular weight excluding hydrogens is 519 g/mol. The normalized spacial score (nSPS) is 15.2. The van der Waals surface area contributed by atoms with E-state index >= 15 is 0 Å². The first-order valence-corrected chi connectivity index (χ1v) is 17.1. The second-order valence-corrected chi connectivity index (χ2v) is 15.6. The van der Waals surface area contributed by atoms with Crippen LogP contribution in [0.1, 0.15) is 130 Å². The van der Waals surface area contributed by atoms with Crippen molar-refractivity contribution in [1.82, 2.24) is 0 Å². The molecule has 0 spiro atoms. The number of benzene rings is 3. The van der Waals surface area contributed by atoms with Crippen LogP contribution in [0.15, 0.2) is 60.7 Å². The van der Waals surface area contributed by atoms with Gasteiger partial charge in [-0.05, 0) is 52.3 Å². The van der Waals surface area contributed by atoms with Crippen LogP contribution < -0.4 is 14.4 Å². The van der Waals surface area contributed by atoms with Gasteiger partial charge in [0.2, 0.25) is 0 Å². The van der Waals surface area contributed by atoms with E-state index in [4.69, 9.17) is 9.05 Å². The summed E-state index contributed by atoms with van der Waals surface area (Å²) < 4.78 is 13.9. The van der Waals surface area contributed by atoms with Crippen molar-refractivity contribution in [3.8, 4) is 22.6 Å². The number of unbranched alkanes of at least 4 members (excludes halogenated alkanes) is 4. The molecule has 0 N–H and O–H groups in total. The minimum atomic E-state index is -1.34. The van der Waals surface area contributed by atoms with Crippen LogP contribution in [0.5, 0.6) is 11.5 Å². The van der Waals surface area contributed by atoms with Crippen LogP contribution in [0, 0.1) is 0 Å². The summed E-state index contributed by atoms with van der Waals surface area (Å²) in [7, 11) is -1.34. The molecule has 1 aliphatic heterocycles. The monoisotopic (exact) mass is 572 g/mol. The number of hydrogen-bond acceptors (Lipinski definition) is 2. The average molecular weight is 573 g/mol. The van der Waals surface area contributed by atoms with Crippen molar-refractivity contribution in [3.05, 3.63) is 77.4 Å². The second kappa shape index (κ2) is 12.9. The summed E-state index contributed by atoms with van der Waals surface area (Å²) in [4.78, 5) is 0. The molecule has 4 rings (SSSR count). The molecule has 0 radical (unpaired) electrons. The third-order valence-electron chi connectivity index (χ3n) is 8.85. The Morgan fingerprint density at radius 2 is 1.22 bits per heavy atom. The van der Waals surface area contributed by atoms with Gasteiger partial charge in [-0.1, -0.05) is 149 Å². The lowest BCUT2D eigenvalue weighted by molar-refractivity contribution is 0.412. The minimum absolute atomic E-state index is 0.0252. The van der Waals surface area contributed by atoms with Crippen molar-refractivity contribution in [2.75, 3.05) is 0 Å². The standard InChI is InChI=1S/C38H53O2P/c1-10-12-18-24-37(6,7)28-26-31(36(3,4)5)35(32(27-28)38(8,9)25-19-13-11-2)40-41-34-23-17-15-21-30(34)29-20-14-16-22-33(29)39-41/h14-17,20-23,26-27H,10-13,18-19,24-25H2,1-9H3. The number of hydrogen-bond donors (Lipinski definition) is 0. The molecule has 2 nitrogen and oxygen atoms in total. The van der Waals surface area contributed by atoms with Crippen LogP contribution in [0.4, 0.5) is 0 Å². The van der Waals surface area contributed by atoms with Crippen LogP contribution >= 0.6 is 8.38 Å². The summed E-state index contributed by atoms with van der Waals surface area (Å²) in [5.74, 6) is 1.94. The van der Waals surface area contributed by atoms with Crippen LogP contribution in [-0.2, 0) is 16.2 Å². The Labute approximate surface area is 252 Å². The quantitative estimate of drug-likeness (QED) is 0.159. The lowest BCUT2D eigenvalue weighted by Crippen LogP contribution is -2.26. The van der Waals surface area contributed by atoms with Crippen molar-refractivity contribution in [2.45, 2.75) is 130 Å². The Kier molecular flexibility index (Phi) is 9.96. The maximum atomic E-state index is 7.23. The SMILES string of the molecule is CCCCCC(C)(C)c1cc(C(C)(C)C)c(OP2Oc3ccccc3-c3ccccc32)c(C(C)(C)CCCCC)c1. The molecule has 1 heterocycles. The highest BCUT2D eigenvalue weighted by molar-refractivity contribution is 7.57. The Hall–Kier alpha value is -2.31. The Balaban J connectivity index is 1.88. The Bertz CT molecular complexity index is 1310. The predicted octanol–water partition coefficient (Wildman–Crippen LogP) is 11.8. The van der Waals surface area contributed by atoms with Gasteiger partial charge in [0.05, 0.1) is 5.30 Å². The molecule has 1 atom stereocenters. The molecule has 41 heavy (non-hydrogen) atoms. The topological polar surface area (TPSA) is 18.5 Å². The van der Waals surface area contributed by atoms with Crippen LogP contribution in [0.2, 0.25) is 0 Å². The summed E-state index contributed by atoms with van der Waals surface area (Å²) in [6.07, 6.45) is 9.84. The fourth-order valence-corrected chi connectivity index (χ4v) is 7.54. The highest BCUT2D eigenvalue weighted by atomic mass is 31.2. The molecule has 1 unspecified atom stereocenters.